The maximum atomic E-state index is 13.8. The van der Waals surface area contributed by atoms with Gasteiger partial charge in [-0.3, -0.25) is 29.0 Å². The molecule has 254 valence electrons. The van der Waals surface area contributed by atoms with Crippen LogP contribution in [-0.4, -0.2) is 85.3 Å². The van der Waals surface area contributed by atoms with Crippen LogP contribution < -0.4 is 37.2 Å². The van der Waals surface area contributed by atoms with Crippen molar-refractivity contribution < 1.29 is 24.0 Å². The first kappa shape index (κ1) is 36.1. The molecular weight excluding hydrogens is 576 g/mol. The van der Waals surface area contributed by atoms with Gasteiger partial charge in [0.2, 0.25) is 29.5 Å². The Labute approximate surface area is 268 Å². The van der Waals surface area contributed by atoms with Crippen molar-refractivity contribution in [2.24, 2.45) is 22.7 Å². The lowest BCUT2D eigenvalue weighted by molar-refractivity contribution is -0.138. The predicted molar refractivity (Wildman–Crippen MR) is 173 cm³/mol. The molecule has 0 radical (unpaired) electrons. The molecule has 0 aromatic carbocycles. The molecule has 0 aromatic heterocycles. The van der Waals surface area contributed by atoms with E-state index in [1.54, 1.807) is 27.7 Å². The van der Waals surface area contributed by atoms with Gasteiger partial charge in [-0.05, 0) is 50.9 Å². The number of carbonyl (C=O) groups excluding carboxylic acids is 5. The normalized spacial score (nSPS) is 29.2. The molecule has 13 nitrogen and oxygen atoms in total. The molecule has 0 spiro atoms. The topological polar surface area (TPSA) is 182 Å². The van der Waals surface area contributed by atoms with E-state index in [4.69, 9.17) is 0 Å². The lowest BCUT2D eigenvalue weighted by Crippen LogP contribution is -2.63. The quantitative estimate of drug-likeness (QED) is 0.184. The average molecular weight is 633 g/mol. The smallest absolute Gasteiger partial charge is 0.246 e. The van der Waals surface area contributed by atoms with E-state index < -0.39 is 41.4 Å². The van der Waals surface area contributed by atoms with Gasteiger partial charge in [0.25, 0.3) is 0 Å². The first-order valence-electron chi connectivity index (χ1n) is 17.0. The van der Waals surface area contributed by atoms with Crippen LogP contribution in [0.5, 0.6) is 0 Å². The Morgan fingerprint density at radius 2 is 1.64 bits per heavy atom. The highest BCUT2D eigenvalue weighted by Crippen LogP contribution is 2.27. The molecule has 13 heteroatoms. The first-order chi connectivity index (χ1) is 21.4. The summed E-state index contributed by atoms with van der Waals surface area (Å²) in [6.07, 6.45) is 7.14. The Balaban J connectivity index is 1.81. The minimum atomic E-state index is -1.39. The molecule has 0 bridgehead atoms. The number of rotatable bonds is 9. The summed E-state index contributed by atoms with van der Waals surface area (Å²) in [4.78, 5) is 71.5. The second-order valence-corrected chi connectivity index (χ2v) is 13.6. The van der Waals surface area contributed by atoms with Gasteiger partial charge in [-0.15, -0.1) is 0 Å². The van der Waals surface area contributed by atoms with E-state index in [-0.39, 0.29) is 30.7 Å². The maximum absolute atomic E-state index is 13.8. The lowest BCUT2D eigenvalue weighted by Gasteiger charge is -2.34. The molecular formula is C32H56N8O5. The second-order valence-electron chi connectivity index (χ2n) is 13.6. The van der Waals surface area contributed by atoms with Gasteiger partial charge in [-0.2, -0.15) is 0 Å². The van der Waals surface area contributed by atoms with Crippen LogP contribution in [0.25, 0.3) is 0 Å². The van der Waals surface area contributed by atoms with Gasteiger partial charge in [-0.25, -0.2) is 0 Å². The maximum Gasteiger partial charge on any atom is 0.246 e. The second kappa shape index (κ2) is 17.4. The van der Waals surface area contributed by atoms with Gasteiger partial charge >= 0.3 is 0 Å². The summed E-state index contributed by atoms with van der Waals surface area (Å²) in [5, 5.41) is 20.8. The van der Waals surface area contributed by atoms with Gasteiger partial charge < -0.3 is 37.2 Å². The Bertz CT molecular complexity index is 1080. The molecule has 5 atom stereocenters. The lowest BCUT2D eigenvalue weighted by atomic mass is 9.84. The van der Waals surface area contributed by atoms with Gasteiger partial charge in [0.05, 0.1) is 0 Å². The van der Waals surface area contributed by atoms with E-state index in [1.807, 2.05) is 0 Å². The third-order valence-corrected chi connectivity index (χ3v) is 9.08. The van der Waals surface area contributed by atoms with Crippen LogP contribution in [0.4, 0.5) is 0 Å². The Hall–Kier alpha value is -3.38. The number of hydrogen-bond donors (Lipinski definition) is 7. The highest BCUT2D eigenvalue weighted by atomic mass is 16.2. The Kier molecular flexibility index (Phi) is 13.9. The molecule has 1 saturated heterocycles. The Morgan fingerprint density at radius 1 is 0.956 bits per heavy atom. The van der Waals surface area contributed by atoms with Gasteiger partial charge in [0.15, 0.2) is 5.96 Å². The van der Waals surface area contributed by atoms with Crippen LogP contribution in [0.3, 0.4) is 0 Å². The van der Waals surface area contributed by atoms with Gasteiger partial charge in [0.1, 0.15) is 23.7 Å². The number of guanidine groups is 1. The number of nitrogens with zero attached hydrogens (tertiary/aromatic N) is 1. The largest absolute Gasteiger partial charge is 0.356 e. The van der Waals surface area contributed by atoms with Crippen LogP contribution in [0.15, 0.2) is 4.99 Å². The Morgan fingerprint density at radius 3 is 2.29 bits per heavy atom. The van der Waals surface area contributed by atoms with Crippen LogP contribution >= 0.6 is 0 Å². The van der Waals surface area contributed by atoms with Gasteiger partial charge in [0, 0.05) is 32.1 Å². The van der Waals surface area contributed by atoms with E-state index >= 15 is 0 Å². The molecule has 7 N–H and O–H groups in total. The molecule has 3 rings (SSSR count). The summed E-state index contributed by atoms with van der Waals surface area (Å²) < 4.78 is 0. The van der Waals surface area contributed by atoms with E-state index in [0.29, 0.717) is 50.0 Å². The van der Waals surface area contributed by atoms with Crippen LogP contribution in [0, 0.1) is 17.8 Å². The average Bonchev–Trinajstić information content (AvgIpc) is 3.01. The molecule has 1 unspecified atom stereocenters. The monoisotopic (exact) mass is 632 g/mol. The van der Waals surface area contributed by atoms with Crippen molar-refractivity contribution in [3.63, 3.8) is 0 Å². The predicted octanol–water partition coefficient (Wildman–Crippen LogP) is 0.837. The van der Waals surface area contributed by atoms with Gasteiger partial charge in [-0.1, -0.05) is 59.8 Å². The summed E-state index contributed by atoms with van der Waals surface area (Å²) in [6.45, 7) is 11.2. The van der Waals surface area contributed by atoms with Crippen molar-refractivity contribution >= 4 is 35.5 Å². The van der Waals surface area contributed by atoms with Crippen molar-refractivity contribution in [3.05, 3.63) is 0 Å². The minimum absolute atomic E-state index is 0.101. The minimum Gasteiger partial charge on any atom is -0.356 e. The van der Waals surface area contributed by atoms with Crippen molar-refractivity contribution in [3.8, 4) is 0 Å². The fourth-order valence-corrected chi connectivity index (χ4v) is 5.95. The third-order valence-electron chi connectivity index (χ3n) is 9.08. The zero-order valence-electron chi connectivity index (χ0n) is 27.9. The molecule has 2 heterocycles. The van der Waals surface area contributed by atoms with E-state index in [0.717, 1.165) is 38.8 Å². The molecule has 2 fully saturated rings. The zero-order chi connectivity index (χ0) is 33.0. The fraction of sp³-hybridized carbons (Fsp3) is 0.812. The number of carbonyl (C=O) groups is 5. The van der Waals surface area contributed by atoms with E-state index in [2.05, 4.69) is 49.1 Å². The molecule has 1 saturated carbocycles. The number of aliphatic imine (C=N–C) groups is 1. The number of hydrogen-bond acceptors (Lipinski definition) is 8. The fourth-order valence-electron chi connectivity index (χ4n) is 5.95. The summed E-state index contributed by atoms with van der Waals surface area (Å²) in [7, 11) is 0. The summed E-state index contributed by atoms with van der Waals surface area (Å²) in [5.74, 6) is -0.961. The third kappa shape index (κ3) is 11.2. The van der Waals surface area contributed by atoms with Crippen molar-refractivity contribution in [2.45, 2.75) is 122 Å². The highest BCUT2D eigenvalue weighted by molar-refractivity contribution is 5.97. The van der Waals surface area contributed by atoms with Crippen molar-refractivity contribution in [1.82, 2.24) is 37.2 Å². The molecule has 5 amide bonds. The SMILES string of the molecule is CC[C@@H]1NC(=O)[C@H](CCCNC2=NCC(C)CN2)NC(=O)[C@](C)(NC(=O)C(C)C)CCNC(=O)[C@@H](CC2CCCCC2)NC1=O. The molecule has 3 aliphatic rings. The summed E-state index contributed by atoms with van der Waals surface area (Å²) in [5.41, 5.74) is -1.39. The van der Waals surface area contributed by atoms with Crippen molar-refractivity contribution in [1.29, 1.82) is 0 Å². The number of amides is 5. The standard InChI is InChI=1S/C32H56N8O5/c1-6-23-28(43)38-25(17-22-11-8-7-9-12-22)27(42)33-16-14-32(5,40-26(41)20(2)3)30(45)39-24(29(44)37-23)13-10-15-34-31-35-18-21(4)19-36-31/h20-25H,6-19H2,1-5H3,(H,33,42)(H,37,44)(H,38,43)(H,39,45)(H,40,41)(H2,34,35,36)/t23-,24-,25+,32+/m0/s1. The first-order valence-corrected chi connectivity index (χ1v) is 17.0. The van der Waals surface area contributed by atoms with Crippen LogP contribution in [0.1, 0.15) is 98.8 Å². The molecule has 0 aromatic rings. The van der Waals surface area contributed by atoms with Crippen LogP contribution in [0.2, 0.25) is 0 Å². The summed E-state index contributed by atoms with van der Waals surface area (Å²) in [6, 6.07) is -2.59. The van der Waals surface area contributed by atoms with Crippen LogP contribution in [-0.2, 0) is 24.0 Å². The summed E-state index contributed by atoms with van der Waals surface area (Å²) >= 11 is 0. The highest BCUT2D eigenvalue weighted by Gasteiger charge is 2.39. The number of nitrogens with one attached hydrogen (secondary N) is 7. The van der Waals surface area contributed by atoms with E-state index in [1.165, 1.54) is 6.42 Å². The zero-order valence-corrected chi connectivity index (χ0v) is 27.9. The van der Waals surface area contributed by atoms with Crippen molar-refractivity contribution in [2.75, 3.05) is 26.2 Å². The van der Waals surface area contributed by atoms with E-state index in [9.17, 15) is 24.0 Å². The molecule has 45 heavy (non-hydrogen) atoms. The molecule has 2 aliphatic heterocycles. The molecule has 1 aliphatic carbocycles.